The number of likely N-dealkylation sites (N-methyl/N-ethyl adjacent to an activating group) is 1. The van der Waals surface area contributed by atoms with E-state index in [0.717, 1.165) is 31.4 Å². The lowest BCUT2D eigenvalue weighted by molar-refractivity contribution is 0.0900. The smallest absolute Gasteiger partial charge is 0.407 e. The van der Waals surface area contributed by atoms with Crippen molar-refractivity contribution in [3.05, 3.63) is 35.4 Å². The molecule has 1 saturated heterocycles. The van der Waals surface area contributed by atoms with Crippen LogP contribution in [0.15, 0.2) is 24.3 Å². The van der Waals surface area contributed by atoms with Crippen molar-refractivity contribution in [1.82, 2.24) is 9.80 Å². The van der Waals surface area contributed by atoms with E-state index in [2.05, 4.69) is 50.2 Å². The van der Waals surface area contributed by atoms with Crippen molar-refractivity contribution in [2.75, 3.05) is 27.2 Å². The molecule has 1 heterocycles. The first kappa shape index (κ1) is 15.8. The van der Waals surface area contributed by atoms with E-state index < -0.39 is 6.09 Å². The van der Waals surface area contributed by atoms with Crippen molar-refractivity contribution in [1.29, 1.82) is 0 Å². The molecule has 0 saturated carbocycles. The van der Waals surface area contributed by atoms with Crippen LogP contribution >= 0.6 is 0 Å². The van der Waals surface area contributed by atoms with Crippen LogP contribution in [0.5, 0.6) is 0 Å². The summed E-state index contributed by atoms with van der Waals surface area (Å²) in [4.78, 5) is 15.2. The molecule has 0 bridgehead atoms. The first-order chi connectivity index (χ1) is 9.97. The lowest BCUT2D eigenvalue weighted by Crippen LogP contribution is -2.40. The van der Waals surface area contributed by atoms with Crippen molar-refractivity contribution in [3.63, 3.8) is 0 Å². The first-order valence-corrected chi connectivity index (χ1v) is 7.70. The molecule has 2 atom stereocenters. The van der Waals surface area contributed by atoms with Crippen molar-refractivity contribution in [2.24, 2.45) is 5.92 Å². The Morgan fingerprint density at radius 2 is 1.95 bits per heavy atom. The highest BCUT2D eigenvalue weighted by Crippen LogP contribution is 2.33. The molecule has 4 nitrogen and oxygen atoms in total. The van der Waals surface area contributed by atoms with E-state index in [1.165, 1.54) is 5.56 Å². The van der Waals surface area contributed by atoms with Gasteiger partial charge in [-0.15, -0.1) is 0 Å². The fourth-order valence-corrected chi connectivity index (χ4v) is 2.97. The third kappa shape index (κ3) is 4.21. The number of hydrogen-bond donors (Lipinski definition) is 1. The minimum absolute atomic E-state index is 0.0154. The molecule has 2 rings (SSSR count). The average Bonchev–Trinajstić information content (AvgIpc) is 2.45. The highest BCUT2D eigenvalue weighted by molar-refractivity contribution is 5.66. The molecule has 1 N–H and O–H groups in total. The van der Waals surface area contributed by atoms with E-state index in [-0.39, 0.29) is 6.04 Å². The molecule has 116 valence electrons. The van der Waals surface area contributed by atoms with Gasteiger partial charge >= 0.3 is 6.09 Å². The van der Waals surface area contributed by atoms with Crippen LogP contribution in [-0.4, -0.2) is 48.2 Å². The van der Waals surface area contributed by atoms with Gasteiger partial charge in [-0.1, -0.05) is 31.2 Å². The number of amides is 1. The van der Waals surface area contributed by atoms with Gasteiger partial charge in [0.1, 0.15) is 0 Å². The zero-order chi connectivity index (χ0) is 15.4. The van der Waals surface area contributed by atoms with Gasteiger partial charge in [0.2, 0.25) is 0 Å². The number of likely N-dealkylation sites (tertiary alicyclic amines) is 1. The Balaban J connectivity index is 2.07. The second-order valence-electron chi connectivity index (χ2n) is 6.43. The predicted molar refractivity (Wildman–Crippen MR) is 84.6 cm³/mol. The summed E-state index contributed by atoms with van der Waals surface area (Å²) in [5.74, 6) is 0.455. The molecule has 21 heavy (non-hydrogen) atoms. The maximum absolute atomic E-state index is 11.4. The van der Waals surface area contributed by atoms with Gasteiger partial charge in [0.05, 0.1) is 6.04 Å². The molecular formula is C17H26N2O2. The number of nitrogens with zero attached hydrogens (tertiary/aromatic N) is 2. The average molecular weight is 290 g/mol. The van der Waals surface area contributed by atoms with E-state index in [9.17, 15) is 9.90 Å². The molecule has 1 amide bonds. The summed E-state index contributed by atoms with van der Waals surface area (Å²) in [7, 11) is 4.14. The lowest BCUT2D eigenvalue weighted by atomic mass is 9.90. The maximum Gasteiger partial charge on any atom is 0.407 e. The molecule has 0 unspecified atom stereocenters. The maximum atomic E-state index is 11.4. The van der Waals surface area contributed by atoms with Gasteiger partial charge in [0.25, 0.3) is 0 Å². The van der Waals surface area contributed by atoms with Crippen LogP contribution in [0.25, 0.3) is 0 Å². The quantitative estimate of drug-likeness (QED) is 0.925. The molecular weight excluding hydrogens is 264 g/mol. The topological polar surface area (TPSA) is 43.8 Å². The Morgan fingerprint density at radius 3 is 2.52 bits per heavy atom. The van der Waals surface area contributed by atoms with Gasteiger partial charge in [0, 0.05) is 13.1 Å². The Morgan fingerprint density at radius 1 is 1.29 bits per heavy atom. The third-order valence-corrected chi connectivity index (χ3v) is 4.28. The van der Waals surface area contributed by atoms with Crippen LogP contribution in [-0.2, 0) is 6.42 Å². The molecule has 0 aliphatic carbocycles. The first-order valence-electron chi connectivity index (χ1n) is 7.70. The van der Waals surface area contributed by atoms with Gasteiger partial charge in [-0.3, -0.25) is 0 Å². The summed E-state index contributed by atoms with van der Waals surface area (Å²) < 4.78 is 0. The molecule has 0 radical (unpaired) electrons. The van der Waals surface area contributed by atoms with E-state index in [0.29, 0.717) is 12.5 Å². The fraction of sp³-hybridized carbons (Fsp3) is 0.588. The number of carboxylic acid groups (broad SMARTS) is 1. The van der Waals surface area contributed by atoms with E-state index in [4.69, 9.17) is 0 Å². The molecule has 4 heteroatoms. The SMILES string of the molecule is C[C@H]1CC[C@H](c2ccc(CCN(C)C)cc2)N(C(=O)O)C1. The monoisotopic (exact) mass is 290 g/mol. The van der Waals surface area contributed by atoms with Gasteiger partial charge in [-0.05, 0) is 50.4 Å². The molecule has 0 aromatic heterocycles. The Hall–Kier alpha value is -1.55. The minimum atomic E-state index is -0.803. The zero-order valence-electron chi connectivity index (χ0n) is 13.2. The largest absolute Gasteiger partial charge is 0.465 e. The van der Waals surface area contributed by atoms with Crippen LogP contribution in [0.2, 0.25) is 0 Å². The van der Waals surface area contributed by atoms with Gasteiger partial charge in [-0.2, -0.15) is 0 Å². The Kier molecular flexibility index (Phi) is 5.23. The lowest BCUT2D eigenvalue weighted by Gasteiger charge is -2.37. The molecule has 0 spiro atoms. The Labute approximate surface area is 127 Å². The molecule has 1 aliphatic heterocycles. The number of rotatable bonds is 4. The third-order valence-electron chi connectivity index (χ3n) is 4.28. The molecule has 1 aromatic carbocycles. The van der Waals surface area contributed by atoms with Crippen LogP contribution < -0.4 is 0 Å². The highest BCUT2D eigenvalue weighted by atomic mass is 16.4. The van der Waals surface area contributed by atoms with E-state index in [1.54, 1.807) is 4.90 Å². The van der Waals surface area contributed by atoms with Crippen molar-refractivity contribution < 1.29 is 9.90 Å². The van der Waals surface area contributed by atoms with Gasteiger partial charge in [-0.25, -0.2) is 4.79 Å². The Bertz CT molecular complexity index is 470. The van der Waals surface area contributed by atoms with Crippen LogP contribution in [0, 0.1) is 5.92 Å². The molecule has 1 aromatic rings. The number of carbonyl (C=O) groups is 1. The van der Waals surface area contributed by atoms with Crippen molar-refractivity contribution in [2.45, 2.75) is 32.2 Å². The summed E-state index contributed by atoms with van der Waals surface area (Å²) in [5.41, 5.74) is 2.43. The van der Waals surface area contributed by atoms with Crippen LogP contribution in [0.4, 0.5) is 4.79 Å². The second-order valence-corrected chi connectivity index (χ2v) is 6.43. The fourth-order valence-electron chi connectivity index (χ4n) is 2.97. The standard InChI is InChI=1S/C17H26N2O2/c1-13-4-9-16(19(12-13)17(20)21)15-7-5-14(6-8-15)10-11-18(2)3/h5-8,13,16H,4,9-12H2,1-3H3,(H,20,21)/t13-,16+/m0/s1. The van der Waals surface area contributed by atoms with Crippen molar-refractivity contribution in [3.8, 4) is 0 Å². The summed E-state index contributed by atoms with van der Waals surface area (Å²) in [6, 6.07) is 8.48. The van der Waals surface area contributed by atoms with Crippen LogP contribution in [0.1, 0.15) is 36.9 Å². The van der Waals surface area contributed by atoms with E-state index >= 15 is 0 Å². The summed E-state index contributed by atoms with van der Waals surface area (Å²) in [5, 5.41) is 9.41. The van der Waals surface area contributed by atoms with Crippen LogP contribution in [0.3, 0.4) is 0 Å². The minimum Gasteiger partial charge on any atom is -0.465 e. The summed E-state index contributed by atoms with van der Waals surface area (Å²) in [6.07, 6.45) is 2.24. The normalized spacial score (nSPS) is 22.6. The van der Waals surface area contributed by atoms with Gasteiger partial charge < -0.3 is 14.9 Å². The predicted octanol–water partition coefficient (Wildman–Crippen LogP) is 3.24. The number of piperidine rings is 1. The molecule has 1 aliphatic rings. The number of benzene rings is 1. The zero-order valence-corrected chi connectivity index (χ0v) is 13.2. The number of hydrogen-bond acceptors (Lipinski definition) is 2. The summed E-state index contributed by atoms with van der Waals surface area (Å²) >= 11 is 0. The van der Waals surface area contributed by atoms with Gasteiger partial charge in [0.15, 0.2) is 0 Å². The second kappa shape index (κ2) is 6.94. The van der Waals surface area contributed by atoms with Crippen molar-refractivity contribution >= 4 is 6.09 Å². The van der Waals surface area contributed by atoms with E-state index in [1.807, 2.05) is 0 Å². The molecule has 1 fully saturated rings. The highest BCUT2D eigenvalue weighted by Gasteiger charge is 2.30. The summed E-state index contributed by atoms with van der Waals surface area (Å²) in [6.45, 7) is 3.79.